The highest BCUT2D eigenvalue weighted by atomic mass is 127. The first-order valence-corrected chi connectivity index (χ1v) is 26.8. The maximum Gasteiger partial charge on any atom is 0.209 e. The Morgan fingerprint density at radius 3 is 1.31 bits per heavy atom. The Morgan fingerprint density at radius 2 is 0.839 bits per heavy atom. The SMILES string of the molecule is CCCCCCCCCCCCCCCCCCN1/C(=C\C=C\C2=[N+](CCCCCCCCCCCCCCCCCC)c3ccccc3C2(C)C)C(C)(C)c2ccccc21.[I-]. The minimum atomic E-state index is -0.0119. The maximum absolute atomic E-state index is 2.66. The lowest BCUT2D eigenvalue weighted by atomic mass is 9.81. The van der Waals surface area contributed by atoms with Crippen LogP contribution in [0.4, 0.5) is 11.4 Å². The molecule has 4 rings (SSSR count). The van der Waals surface area contributed by atoms with Gasteiger partial charge in [-0.1, -0.05) is 256 Å². The zero-order valence-corrected chi connectivity index (χ0v) is 43.8. The third-order valence-corrected chi connectivity index (χ3v) is 14.6. The van der Waals surface area contributed by atoms with Crippen LogP contribution >= 0.6 is 0 Å². The van der Waals surface area contributed by atoms with Gasteiger partial charge < -0.3 is 28.9 Å². The summed E-state index contributed by atoms with van der Waals surface area (Å²) in [6.45, 7) is 16.6. The molecule has 2 aromatic rings. The average molecular weight is 961 g/mol. The number of unbranched alkanes of at least 4 members (excludes halogenated alkanes) is 30. The van der Waals surface area contributed by atoms with Gasteiger partial charge in [0.05, 0.1) is 5.41 Å². The summed E-state index contributed by atoms with van der Waals surface area (Å²) in [6, 6.07) is 18.4. The maximum atomic E-state index is 2.66. The van der Waals surface area contributed by atoms with Crippen LogP contribution in [0, 0.1) is 0 Å². The summed E-state index contributed by atoms with van der Waals surface area (Å²) in [5, 5.41) is 0. The van der Waals surface area contributed by atoms with E-state index in [0.717, 1.165) is 13.1 Å². The topological polar surface area (TPSA) is 6.25 Å². The van der Waals surface area contributed by atoms with Crippen molar-refractivity contribution >= 4 is 17.1 Å². The quantitative estimate of drug-likeness (QED) is 0.0375. The van der Waals surface area contributed by atoms with Crippen molar-refractivity contribution in [2.75, 3.05) is 18.0 Å². The van der Waals surface area contributed by atoms with Gasteiger partial charge in [-0.25, -0.2) is 0 Å². The van der Waals surface area contributed by atoms with Crippen molar-refractivity contribution in [3.8, 4) is 0 Å². The molecular weight excluding hydrogens is 864 g/mol. The summed E-state index contributed by atoms with van der Waals surface area (Å²) in [7, 11) is 0. The van der Waals surface area contributed by atoms with Gasteiger partial charge in [-0.15, -0.1) is 0 Å². The first-order chi connectivity index (χ1) is 29.8. The molecule has 0 radical (unpaired) electrons. The van der Waals surface area contributed by atoms with Crippen LogP contribution in [0.15, 0.2) is 72.5 Å². The molecule has 2 nitrogen and oxygen atoms in total. The van der Waals surface area contributed by atoms with Crippen molar-refractivity contribution in [2.45, 2.75) is 258 Å². The molecule has 0 spiro atoms. The fourth-order valence-electron chi connectivity index (χ4n) is 10.6. The van der Waals surface area contributed by atoms with Crippen molar-refractivity contribution in [1.82, 2.24) is 0 Å². The van der Waals surface area contributed by atoms with Crippen molar-refractivity contribution in [2.24, 2.45) is 0 Å². The van der Waals surface area contributed by atoms with E-state index in [1.54, 1.807) is 0 Å². The lowest BCUT2D eigenvalue weighted by molar-refractivity contribution is -0.438. The Labute approximate surface area is 402 Å². The number of nitrogens with zero attached hydrogens (tertiary/aromatic N) is 2. The second-order valence-electron chi connectivity index (χ2n) is 20.5. The molecule has 2 aliphatic rings. The summed E-state index contributed by atoms with van der Waals surface area (Å²) >= 11 is 0. The van der Waals surface area contributed by atoms with E-state index >= 15 is 0 Å². The van der Waals surface area contributed by atoms with Crippen molar-refractivity contribution < 1.29 is 28.6 Å². The fourth-order valence-corrected chi connectivity index (χ4v) is 10.6. The lowest BCUT2D eigenvalue weighted by Gasteiger charge is -2.27. The highest BCUT2D eigenvalue weighted by Gasteiger charge is 2.44. The molecule has 3 heteroatoms. The van der Waals surface area contributed by atoms with Crippen molar-refractivity contribution in [3.05, 3.63) is 83.6 Å². The molecule has 0 fully saturated rings. The van der Waals surface area contributed by atoms with Crippen LogP contribution in [0.5, 0.6) is 0 Å². The second-order valence-corrected chi connectivity index (χ2v) is 20.5. The van der Waals surface area contributed by atoms with Crippen LogP contribution in [0.3, 0.4) is 0 Å². The highest BCUT2D eigenvalue weighted by Crippen LogP contribution is 2.48. The standard InChI is InChI=1S/C59H97N2.HI/c1-7-9-11-13-15-17-19-21-23-25-27-29-31-33-35-41-50-60-54-46-39-37-44-52(54)58(3,4)56(60)48-43-49-57-59(5,6)53-45-38-40-47-55(53)61(57)51-42-36-34-32-30-28-26-24-22-20-18-16-14-12-10-8-2;/h37-40,43-49H,7-36,41-42,50-51H2,1-6H3;1H/q+1;/p-1. The van der Waals surface area contributed by atoms with E-state index < -0.39 is 0 Å². The normalized spacial score (nSPS) is 15.8. The number of hydrogen-bond acceptors (Lipinski definition) is 1. The van der Waals surface area contributed by atoms with E-state index in [0.29, 0.717) is 0 Å². The van der Waals surface area contributed by atoms with E-state index in [1.807, 2.05) is 0 Å². The first-order valence-electron chi connectivity index (χ1n) is 26.8. The highest BCUT2D eigenvalue weighted by molar-refractivity contribution is 6.03. The Hall–Kier alpha value is -1.88. The first kappa shape index (κ1) is 54.5. The summed E-state index contributed by atoms with van der Waals surface area (Å²) in [5.74, 6) is 0. The van der Waals surface area contributed by atoms with Gasteiger partial charge in [-0.3, -0.25) is 0 Å². The van der Waals surface area contributed by atoms with Crippen molar-refractivity contribution in [3.63, 3.8) is 0 Å². The third kappa shape index (κ3) is 18.2. The predicted octanol–water partition coefficient (Wildman–Crippen LogP) is 15.8. The number of fused-ring (bicyclic) bond motifs is 2. The molecule has 2 aromatic carbocycles. The molecule has 0 amide bonds. The summed E-state index contributed by atoms with van der Waals surface area (Å²) in [5.41, 5.74) is 8.65. The van der Waals surface area contributed by atoms with E-state index in [-0.39, 0.29) is 34.8 Å². The van der Waals surface area contributed by atoms with E-state index in [2.05, 4.69) is 118 Å². The summed E-state index contributed by atoms with van der Waals surface area (Å²) < 4.78 is 2.66. The number of allylic oxidation sites excluding steroid dienone is 4. The van der Waals surface area contributed by atoms with E-state index in [4.69, 9.17) is 0 Å². The largest absolute Gasteiger partial charge is 1.00 e. The number of halogens is 1. The van der Waals surface area contributed by atoms with Gasteiger partial charge in [0.15, 0.2) is 5.71 Å². The molecular formula is C59H97IN2. The number of benzene rings is 2. The Bertz CT molecular complexity index is 1560. The number of hydrogen-bond donors (Lipinski definition) is 0. The van der Waals surface area contributed by atoms with Crippen molar-refractivity contribution in [1.29, 1.82) is 0 Å². The van der Waals surface area contributed by atoms with Crippen LogP contribution < -0.4 is 28.9 Å². The van der Waals surface area contributed by atoms with Crippen LogP contribution in [-0.4, -0.2) is 23.4 Å². The molecule has 0 unspecified atom stereocenters. The predicted molar refractivity (Wildman–Crippen MR) is 272 cm³/mol. The van der Waals surface area contributed by atoms with Gasteiger partial charge in [0.2, 0.25) is 5.69 Å². The summed E-state index contributed by atoms with van der Waals surface area (Å²) in [6.07, 6.45) is 52.6. The molecule has 0 aromatic heterocycles. The third-order valence-electron chi connectivity index (χ3n) is 14.6. The smallest absolute Gasteiger partial charge is 0.209 e. The molecule has 0 atom stereocenters. The Balaban J connectivity index is 0.0000102. The van der Waals surface area contributed by atoms with Crippen LogP contribution in [-0.2, 0) is 10.8 Å². The zero-order chi connectivity index (χ0) is 43.4. The number of para-hydroxylation sites is 2. The van der Waals surface area contributed by atoms with Crippen LogP contribution in [0.1, 0.15) is 258 Å². The van der Waals surface area contributed by atoms with Gasteiger partial charge in [0.25, 0.3) is 0 Å². The van der Waals surface area contributed by atoms with Crippen LogP contribution in [0.25, 0.3) is 0 Å². The van der Waals surface area contributed by atoms with Gasteiger partial charge in [-0.05, 0) is 44.4 Å². The van der Waals surface area contributed by atoms with Gasteiger partial charge in [0, 0.05) is 47.5 Å². The minimum Gasteiger partial charge on any atom is -1.00 e. The Morgan fingerprint density at radius 1 is 0.452 bits per heavy atom. The zero-order valence-electron chi connectivity index (χ0n) is 41.7. The van der Waals surface area contributed by atoms with Gasteiger partial charge in [-0.2, -0.15) is 4.58 Å². The minimum absolute atomic E-state index is 0. The molecule has 0 saturated heterocycles. The van der Waals surface area contributed by atoms with E-state index in [9.17, 15) is 0 Å². The second kappa shape index (κ2) is 31.9. The number of anilines is 1. The molecule has 0 aliphatic carbocycles. The van der Waals surface area contributed by atoms with Gasteiger partial charge in [0.1, 0.15) is 6.54 Å². The molecule has 62 heavy (non-hydrogen) atoms. The molecule has 2 aliphatic heterocycles. The van der Waals surface area contributed by atoms with Crippen LogP contribution in [0.2, 0.25) is 0 Å². The Kier molecular flexibility index (Phi) is 28.0. The fraction of sp³-hybridized carbons (Fsp3) is 0.712. The monoisotopic (exact) mass is 961 g/mol. The molecule has 350 valence electrons. The van der Waals surface area contributed by atoms with Gasteiger partial charge >= 0.3 is 0 Å². The molecule has 2 heterocycles. The van der Waals surface area contributed by atoms with E-state index in [1.165, 1.54) is 239 Å². The molecule has 0 N–H and O–H groups in total. The average Bonchev–Trinajstić information content (AvgIpc) is 3.61. The number of rotatable bonds is 36. The lowest BCUT2D eigenvalue weighted by Crippen LogP contribution is -3.00. The molecule has 0 bridgehead atoms. The molecule has 0 saturated carbocycles. The summed E-state index contributed by atoms with van der Waals surface area (Å²) in [4.78, 5) is 2.66.